The zero-order valence-electron chi connectivity index (χ0n) is 17.0. The average Bonchev–Trinajstić information content (AvgIpc) is 2.86. The van der Waals surface area contributed by atoms with Crippen LogP contribution < -0.4 is 5.22 Å². The fraction of sp³-hybridized carbons (Fsp3) is 0.0370. The number of halogens is 4. The van der Waals surface area contributed by atoms with E-state index in [1.807, 2.05) is 16.2 Å². The molecule has 0 radical (unpaired) electrons. The summed E-state index contributed by atoms with van der Waals surface area (Å²) in [7, 11) is 0. The van der Waals surface area contributed by atoms with Gasteiger partial charge in [-0.3, -0.25) is 0 Å². The summed E-state index contributed by atoms with van der Waals surface area (Å²) in [6.45, 7) is 0. The number of hydrogen-bond acceptors (Lipinski definition) is 3. The summed E-state index contributed by atoms with van der Waals surface area (Å²) in [6.07, 6.45) is 2.27. The van der Waals surface area contributed by atoms with Gasteiger partial charge in [-0.1, -0.05) is 24.3 Å². The molecule has 166 valence electrons. The first-order valence-corrected chi connectivity index (χ1v) is 15.1. The lowest BCUT2D eigenvalue weighted by Gasteiger charge is -2.37. The van der Waals surface area contributed by atoms with E-state index < -0.39 is 0 Å². The van der Waals surface area contributed by atoms with Crippen LogP contribution in [0, 0.1) is 0 Å². The van der Waals surface area contributed by atoms with Gasteiger partial charge in [0.05, 0.1) is 0 Å². The van der Waals surface area contributed by atoms with Gasteiger partial charge in [-0.25, -0.2) is 0 Å². The van der Waals surface area contributed by atoms with Crippen molar-refractivity contribution >= 4 is 156 Å². The van der Waals surface area contributed by atoms with Crippen LogP contribution in [0.2, 0.25) is 0 Å². The maximum absolute atomic E-state index is 4.69. The molecule has 5 aromatic rings. The third-order valence-electron chi connectivity index (χ3n) is 7.29. The molecule has 2 aliphatic carbocycles. The highest BCUT2D eigenvalue weighted by Crippen LogP contribution is 2.60. The average molecular weight is 752 g/mol. The van der Waals surface area contributed by atoms with Crippen molar-refractivity contribution in [3.63, 3.8) is 0 Å². The highest BCUT2D eigenvalue weighted by molar-refractivity contribution is 9.14. The number of hydrogen-bond donors (Lipinski definition) is 3. The van der Waals surface area contributed by atoms with Gasteiger partial charge in [0.15, 0.2) is 0 Å². The predicted molar refractivity (Wildman–Crippen MR) is 172 cm³/mol. The lowest BCUT2D eigenvalue weighted by Crippen LogP contribution is -2.22. The van der Waals surface area contributed by atoms with Gasteiger partial charge in [0, 0.05) is 40.1 Å². The molecule has 0 nitrogen and oxygen atoms in total. The van der Waals surface area contributed by atoms with Crippen LogP contribution in [0.5, 0.6) is 0 Å². The Hall–Kier alpha value is -0.410. The van der Waals surface area contributed by atoms with Gasteiger partial charge in [0.25, 0.3) is 0 Å². The van der Waals surface area contributed by atoms with E-state index in [1.165, 1.54) is 48.5 Å². The van der Waals surface area contributed by atoms with Crippen molar-refractivity contribution in [3.05, 3.63) is 85.9 Å². The topological polar surface area (TPSA) is 0 Å². The molecule has 2 aliphatic rings. The second-order valence-electron chi connectivity index (χ2n) is 8.62. The van der Waals surface area contributed by atoms with Crippen LogP contribution in [-0.2, 0) is 0 Å². The van der Waals surface area contributed by atoms with E-state index in [4.69, 9.17) is 0 Å². The van der Waals surface area contributed by atoms with Crippen molar-refractivity contribution in [1.82, 2.24) is 0 Å². The van der Waals surface area contributed by atoms with Crippen molar-refractivity contribution in [2.75, 3.05) is 0 Å². The molecule has 1 unspecified atom stereocenters. The summed E-state index contributed by atoms with van der Waals surface area (Å²) in [5.41, 5.74) is 5.82. The summed E-state index contributed by atoms with van der Waals surface area (Å²) < 4.78 is 4.14. The third kappa shape index (κ3) is 2.55. The molecule has 7 rings (SSSR count). The van der Waals surface area contributed by atoms with Crippen LogP contribution in [0.1, 0.15) is 17.0 Å². The molecule has 7 heteroatoms. The molecule has 0 bridgehead atoms. The molecule has 0 aromatic heterocycles. The highest BCUT2D eigenvalue weighted by Gasteiger charge is 2.38. The van der Waals surface area contributed by atoms with Crippen molar-refractivity contribution in [2.24, 2.45) is 0 Å². The molecule has 0 N–H and O–H groups in total. The Morgan fingerprint density at radius 1 is 0.647 bits per heavy atom. The number of allylic oxidation sites excluding steroid dienone is 3. The Morgan fingerprint density at radius 3 is 2.09 bits per heavy atom. The minimum Gasteiger partial charge on any atom is -0.151 e. The van der Waals surface area contributed by atoms with Gasteiger partial charge in [-0.15, -0.1) is 0 Å². The summed E-state index contributed by atoms with van der Waals surface area (Å²) >= 11 is 29.8. The molecule has 0 fully saturated rings. The Kier molecular flexibility index (Phi) is 5.22. The number of benzene rings is 5. The fourth-order valence-electron chi connectivity index (χ4n) is 6.06. The first-order valence-electron chi connectivity index (χ1n) is 10.4. The molecule has 0 amide bonds. The van der Waals surface area contributed by atoms with Crippen molar-refractivity contribution in [1.29, 1.82) is 0 Å². The van der Waals surface area contributed by atoms with E-state index in [9.17, 15) is 0 Å². The van der Waals surface area contributed by atoms with Crippen LogP contribution in [-0.4, -0.2) is 0 Å². The number of thiol groups is 3. The van der Waals surface area contributed by atoms with E-state index >= 15 is 0 Å². The Balaban J connectivity index is 2.00. The maximum atomic E-state index is 4.69. The minimum atomic E-state index is 0.0288. The lowest BCUT2D eigenvalue weighted by molar-refractivity contribution is 1.01. The molecule has 5 aromatic carbocycles. The molecule has 0 saturated carbocycles. The first kappa shape index (κ1) is 22.8. The van der Waals surface area contributed by atoms with Crippen molar-refractivity contribution in [3.8, 4) is 0 Å². The van der Waals surface area contributed by atoms with Gasteiger partial charge >= 0.3 is 0 Å². The van der Waals surface area contributed by atoms with E-state index in [0.29, 0.717) is 0 Å². The molecule has 34 heavy (non-hydrogen) atoms. The largest absolute Gasteiger partial charge is 0.151 e. The highest BCUT2D eigenvalue weighted by atomic mass is 79.9. The second-order valence-corrected chi connectivity index (χ2v) is 12.6. The molecule has 0 saturated heterocycles. The van der Waals surface area contributed by atoms with Gasteiger partial charge in [0.2, 0.25) is 0 Å². The zero-order valence-corrected chi connectivity index (χ0v) is 26.1. The predicted octanol–water partition coefficient (Wildman–Crippen LogP) is 10.3. The third-order valence-corrected chi connectivity index (χ3v) is 12.4. The van der Waals surface area contributed by atoms with Crippen LogP contribution in [0.25, 0.3) is 54.7 Å². The van der Waals surface area contributed by atoms with E-state index in [1.54, 1.807) is 0 Å². The lowest BCUT2D eigenvalue weighted by atomic mass is 9.67. The summed E-state index contributed by atoms with van der Waals surface area (Å²) in [4.78, 5) is 0. The molecule has 0 aliphatic heterocycles. The summed E-state index contributed by atoms with van der Waals surface area (Å²) in [5, 5.41) is 17.0. The zero-order chi connectivity index (χ0) is 23.6. The van der Waals surface area contributed by atoms with Gasteiger partial charge in [0.1, 0.15) is 0 Å². The molecule has 0 heterocycles. The standard InChI is InChI=1S/C27H12Br4S3/c28-24-12-4-3-9-1-2-10-5-11(6-32)15-13(7-33)14(8-34)19-22-20(15)17(10)16(9)18(12)21(22)23(26(24)30)27(31)25(19)29/h1-8,15,32-34H. The molecule has 1 atom stereocenters. The van der Waals surface area contributed by atoms with E-state index in [0.717, 1.165) is 45.6 Å². The summed E-state index contributed by atoms with van der Waals surface area (Å²) in [6, 6.07) is 8.94. The van der Waals surface area contributed by atoms with Crippen molar-refractivity contribution in [2.45, 2.75) is 5.92 Å². The van der Waals surface area contributed by atoms with Gasteiger partial charge in [-0.2, -0.15) is 37.9 Å². The van der Waals surface area contributed by atoms with Gasteiger partial charge in [-0.05, 0) is 146 Å². The van der Waals surface area contributed by atoms with Crippen LogP contribution in [0.15, 0.2) is 69.5 Å². The SMILES string of the molecule is SC=C1C(=CS)C2C(=CS)C=c3ccc4ccc5c(Br)c(Br)c6c(Br)c(Br)c1c1c2c3c4c5c61. The summed E-state index contributed by atoms with van der Waals surface area (Å²) in [5.74, 6) is 0.0288. The minimum absolute atomic E-state index is 0.0288. The van der Waals surface area contributed by atoms with E-state index in [-0.39, 0.29) is 5.92 Å². The normalized spacial score (nSPS) is 20.9. The Labute approximate surface area is 245 Å². The van der Waals surface area contributed by atoms with Crippen LogP contribution in [0.4, 0.5) is 0 Å². The quantitative estimate of drug-likeness (QED) is 0.0784. The van der Waals surface area contributed by atoms with Crippen LogP contribution in [0.3, 0.4) is 0 Å². The van der Waals surface area contributed by atoms with Crippen molar-refractivity contribution < 1.29 is 0 Å². The number of rotatable bonds is 0. The molecular weight excluding hydrogens is 740 g/mol. The first-order chi connectivity index (χ1) is 16.4. The van der Waals surface area contributed by atoms with Gasteiger partial charge < -0.3 is 0 Å². The molecule has 0 spiro atoms. The Morgan fingerprint density at radius 2 is 1.38 bits per heavy atom. The smallest absolute Gasteiger partial charge is 0.0414 e. The second kappa shape index (κ2) is 7.80. The molecular formula is C27H12Br4S3. The monoisotopic (exact) mass is 748 g/mol. The van der Waals surface area contributed by atoms with E-state index in [2.05, 4.69) is 132 Å². The van der Waals surface area contributed by atoms with Crippen LogP contribution >= 0.6 is 102 Å². The maximum Gasteiger partial charge on any atom is 0.0414 e. The Bertz CT molecular complexity index is 1930. The fourth-order valence-corrected chi connectivity index (χ4v) is 9.46.